The number of carbonyl (C=O) groups excluding carboxylic acids is 1. The first-order valence-electron chi connectivity index (χ1n) is 13.3. The zero-order valence-electron chi connectivity index (χ0n) is 22.3. The van der Waals surface area contributed by atoms with Crippen LogP contribution in [-0.2, 0) is 9.53 Å². The molecule has 2 aliphatic heterocycles. The summed E-state index contributed by atoms with van der Waals surface area (Å²) in [5.74, 6) is 0.676. The lowest BCUT2D eigenvalue weighted by Crippen LogP contribution is -2.39. The SMILES string of the molecule is CCOC(=O)C1=C(C)N=c2sc(=Cc3c(-c4ccccc4)[nH]c4ccccc34)c(=O)n2[C@@H]1c1ccc2c(c1)OCO2. The van der Waals surface area contributed by atoms with E-state index in [9.17, 15) is 9.59 Å². The molecule has 0 spiro atoms. The number of aromatic amines is 1. The van der Waals surface area contributed by atoms with Crippen molar-refractivity contribution < 1.29 is 19.0 Å². The molecule has 0 aliphatic carbocycles. The van der Waals surface area contributed by atoms with Crippen LogP contribution in [0.5, 0.6) is 11.5 Å². The normalized spacial score (nSPS) is 16.1. The Labute approximate surface area is 238 Å². The maximum Gasteiger partial charge on any atom is 0.338 e. The monoisotopic (exact) mass is 563 g/mol. The third kappa shape index (κ3) is 4.17. The summed E-state index contributed by atoms with van der Waals surface area (Å²) >= 11 is 1.30. The Morgan fingerprint density at radius 3 is 2.71 bits per heavy atom. The summed E-state index contributed by atoms with van der Waals surface area (Å²) in [6.45, 7) is 3.85. The minimum Gasteiger partial charge on any atom is -0.463 e. The van der Waals surface area contributed by atoms with E-state index in [1.807, 2.05) is 72.8 Å². The molecule has 0 bridgehead atoms. The fourth-order valence-electron chi connectivity index (χ4n) is 5.47. The van der Waals surface area contributed by atoms with Gasteiger partial charge in [-0.15, -0.1) is 0 Å². The van der Waals surface area contributed by atoms with Crippen LogP contribution in [0, 0.1) is 0 Å². The maximum absolute atomic E-state index is 14.2. The van der Waals surface area contributed by atoms with E-state index in [0.29, 0.717) is 37.7 Å². The molecule has 0 amide bonds. The predicted molar refractivity (Wildman–Crippen MR) is 157 cm³/mol. The zero-order valence-corrected chi connectivity index (χ0v) is 23.2. The number of hydrogen-bond acceptors (Lipinski definition) is 7. The molecule has 8 nitrogen and oxygen atoms in total. The molecular formula is C32H25N3O5S. The molecule has 4 heterocycles. The smallest absolute Gasteiger partial charge is 0.338 e. The Bertz CT molecular complexity index is 2050. The molecule has 0 saturated carbocycles. The van der Waals surface area contributed by atoms with Gasteiger partial charge in [-0.05, 0) is 49.2 Å². The summed E-state index contributed by atoms with van der Waals surface area (Å²) in [5.41, 5.74) is 5.13. The Morgan fingerprint density at radius 1 is 1.10 bits per heavy atom. The molecule has 9 heteroatoms. The molecule has 2 aromatic heterocycles. The second-order valence-corrected chi connectivity index (χ2v) is 10.7. The van der Waals surface area contributed by atoms with Gasteiger partial charge in [0.15, 0.2) is 16.3 Å². The van der Waals surface area contributed by atoms with Crippen molar-refractivity contribution in [1.82, 2.24) is 9.55 Å². The van der Waals surface area contributed by atoms with Gasteiger partial charge in [0.1, 0.15) is 0 Å². The maximum atomic E-state index is 14.2. The highest BCUT2D eigenvalue weighted by molar-refractivity contribution is 7.07. The largest absolute Gasteiger partial charge is 0.463 e. The highest BCUT2D eigenvalue weighted by Crippen LogP contribution is 2.38. The summed E-state index contributed by atoms with van der Waals surface area (Å²) in [7, 11) is 0. The standard InChI is InChI=1S/C32H25N3O5S/c1-3-38-31(37)27-18(2)33-32-35(29(27)20-13-14-24-25(15-20)40-17-39-24)30(36)26(41-32)16-22-21-11-7-8-12-23(21)34-28(22)19-9-5-4-6-10-19/h4-16,29,34H,3,17H2,1-2H3/t29-/m1/s1. The van der Waals surface area contributed by atoms with E-state index in [0.717, 1.165) is 27.7 Å². The van der Waals surface area contributed by atoms with E-state index in [-0.39, 0.29) is 19.0 Å². The number of ether oxygens (including phenoxy) is 3. The number of nitrogens with zero attached hydrogens (tertiary/aromatic N) is 2. The minimum absolute atomic E-state index is 0.121. The lowest BCUT2D eigenvalue weighted by molar-refractivity contribution is -0.139. The quantitative estimate of drug-likeness (QED) is 0.314. The van der Waals surface area contributed by atoms with Crippen molar-refractivity contribution in [2.24, 2.45) is 4.99 Å². The topological polar surface area (TPSA) is 94.9 Å². The third-order valence-corrected chi connectivity index (χ3v) is 8.30. The lowest BCUT2D eigenvalue weighted by atomic mass is 9.95. The van der Waals surface area contributed by atoms with E-state index < -0.39 is 12.0 Å². The van der Waals surface area contributed by atoms with E-state index in [4.69, 9.17) is 19.2 Å². The average molecular weight is 564 g/mol. The number of allylic oxidation sites excluding steroid dienone is 1. The van der Waals surface area contributed by atoms with Gasteiger partial charge in [-0.3, -0.25) is 9.36 Å². The van der Waals surface area contributed by atoms with Crippen LogP contribution in [0.25, 0.3) is 28.2 Å². The van der Waals surface area contributed by atoms with Gasteiger partial charge in [-0.25, -0.2) is 9.79 Å². The first-order valence-corrected chi connectivity index (χ1v) is 14.1. The van der Waals surface area contributed by atoms with Gasteiger partial charge in [-0.1, -0.05) is 65.9 Å². The number of thiazole rings is 1. The summed E-state index contributed by atoms with van der Waals surface area (Å²) in [6, 6.07) is 22.8. The first kappa shape index (κ1) is 25.1. The molecule has 0 radical (unpaired) electrons. The molecular weight excluding hydrogens is 538 g/mol. The van der Waals surface area contributed by atoms with Gasteiger partial charge in [0.25, 0.3) is 5.56 Å². The van der Waals surface area contributed by atoms with Gasteiger partial charge in [0.2, 0.25) is 6.79 Å². The van der Waals surface area contributed by atoms with Gasteiger partial charge < -0.3 is 19.2 Å². The fraction of sp³-hybridized carbons (Fsp3) is 0.156. The van der Waals surface area contributed by atoms with Crippen molar-refractivity contribution in [3.8, 4) is 22.8 Å². The molecule has 1 atom stereocenters. The Morgan fingerprint density at radius 2 is 1.88 bits per heavy atom. The molecule has 5 aromatic rings. The summed E-state index contributed by atoms with van der Waals surface area (Å²) in [4.78, 5) is 36.2. The molecule has 7 rings (SSSR count). The second kappa shape index (κ2) is 9.94. The molecule has 3 aromatic carbocycles. The summed E-state index contributed by atoms with van der Waals surface area (Å²) in [6.07, 6.45) is 1.92. The Balaban J connectivity index is 1.46. The molecule has 0 saturated heterocycles. The van der Waals surface area contributed by atoms with Crippen LogP contribution in [0.4, 0.5) is 0 Å². The number of esters is 1. The Hall–Kier alpha value is -4.89. The number of benzene rings is 3. The van der Waals surface area contributed by atoms with E-state index >= 15 is 0 Å². The number of rotatable bonds is 5. The number of hydrogen-bond donors (Lipinski definition) is 1. The van der Waals surface area contributed by atoms with Crippen molar-refractivity contribution in [3.05, 3.63) is 115 Å². The van der Waals surface area contributed by atoms with Crippen LogP contribution >= 0.6 is 11.3 Å². The van der Waals surface area contributed by atoms with Crippen LogP contribution in [0.15, 0.2) is 93.9 Å². The number of aromatic nitrogens is 2. The summed E-state index contributed by atoms with van der Waals surface area (Å²) < 4.78 is 18.6. The molecule has 1 N–H and O–H groups in total. The predicted octanol–water partition coefficient (Wildman–Crippen LogP) is 4.68. The van der Waals surface area contributed by atoms with Crippen LogP contribution < -0.4 is 24.4 Å². The van der Waals surface area contributed by atoms with E-state index in [1.165, 1.54) is 11.3 Å². The highest BCUT2D eigenvalue weighted by Gasteiger charge is 2.34. The van der Waals surface area contributed by atoms with Crippen molar-refractivity contribution in [1.29, 1.82) is 0 Å². The molecule has 41 heavy (non-hydrogen) atoms. The number of nitrogens with one attached hydrogen (secondary N) is 1. The second-order valence-electron chi connectivity index (χ2n) is 9.74. The average Bonchev–Trinajstić information content (AvgIpc) is 3.69. The van der Waals surface area contributed by atoms with Crippen LogP contribution in [-0.4, -0.2) is 28.9 Å². The van der Waals surface area contributed by atoms with Crippen molar-refractivity contribution in [2.75, 3.05) is 13.4 Å². The van der Waals surface area contributed by atoms with Crippen LogP contribution in [0.2, 0.25) is 0 Å². The first-order chi connectivity index (χ1) is 20.0. The fourth-order valence-corrected chi connectivity index (χ4v) is 6.50. The van der Waals surface area contributed by atoms with Gasteiger partial charge in [-0.2, -0.15) is 0 Å². The number of H-pyrrole nitrogens is 1. The molecule has 0 fully saturated rings. The lowest BCUT2D eigenvalue weighted by Gasteiger charge is -2.24. The van der Waals surface area contributed by atoms with Gasteiger partial charge in [0.05, 0.1) is 34.1 Å². The number of para-hydroxylation sites is 1. The minimum atomic E-state index is -0.737. The van der Waals surface area contributed by atoms with Crippen molar-refractivity contribution >= 4 is 34.3 Å². The van der Waals surface area contributed by atoms with Crippen molar-refractivity contribution in [2.45, 2.75) is 19.9 Å². The van der Waals surface area contributed by atoms with Crippen LogP contribution in [0.3, 0.4) is 0 Å². The zero-order chi connectivity index (χ0) is 28.1. The number of carbonyl (C=O) groups is 1. The van der Waals surface area contributed by atoms with E-state index in [2.05, 4.69) is 4.98 Å². The molecule has 2 aliphatic rings. The van der Waals surface area contributed by atoms with E-state index in [1.54, 1.807) is 24.5 Å². The number of fused-ring (bicyclic) bond motifs is 3. The van der Waals surface area contributed by atoms with Gasteiger partial charge >= 0.3 is 5.97 Å². The van der Waals surface area contributed by atoms with Gasteiger partial charge in [0, 0.05) is 16.5 Å². The Kier molecular flexibility index (Phi) is 6.09. The molecule has 0 unspecified atom stereocenters. The van der Waals surface area contributed by atoms with Crippen molar-refractivity contribution in [3.63, 3.8) is 0 Å². The highest BCUT2D eigenvalue weighted by atomic mass is 32.1. The summed E-state index contributed by atoms with van der Waals surface area (Å²) in [5, 5.41) is 1.01. The third-order valence-electron chi connectivity index (χ3n) is 7.31. The molecule has 204 valence electrons. The van der Waals surface area contributed by atoms with Crippen LogP contribution in [0.1, 0.15) is 31.0 Å².